The number of Topliss-reactive ketones (excluding diaryl/α,β-unsaturated/α-hetero) is 2. The molecule has 3 N–H and O–H groups in total. The number of nitrogens with one attached hydrogen (secondary N) is 2. The highest BCUT2D eigenvalue weighted by molar-refractivity contribution is 6.39. The highest BCUT2D eigenvalue weighted by Crippen LogP contribution is 2.36. The normalized spacial score (nSPS) is 15.0. The molecule has 6 rings (SSSR count). The average molecular weight is 1420 g/mol. The minimum absolute atomic E-state index is 0.0887. The molecule has 2 aliphatic rings. The van der Waals surface area contributed by atoms with E-state index in [2.05, 4.69) is 23.8 Å². The lowest BCUT2D eigenvalue weighted by Crippen LogP contribution is -2.53. The number of anilines is 2. The third kappa shape index (κ3) is 25.3. The Morgan fingerprint density at radius 3 is 1.27 bits per heavy atom. The molecule has 2 saturated heterocycles. The highest BCUT2D eigenvalue weighted by Gasteiger charge is 2.44. The Hall–Kier alpha value is -10.4. The molecule has 102 heavy (non-hydrogen) atoms. The van der Waals surface area contributed by atoms with Gasteiger partial charge in [0.25, 0.3) is 11.8 Å². The molecule has 26 heteroatoms. The van der Waals surface area contributed by atoms with E-state index < -0.39 is 112 Å². The van der Waals surface area contributed by atoms with Crippen molar-refractivity contribution in [2.75, 3.05) is 65.4 Å². The molecule has 2 fully saturated rings. The molecule has 0 aromatic heterocycles. The number of carboxylic acids is 1. The summed E-state index contributed by atoms with van der Waals surface area (Å²) in [5.41, 5.74) is 0.356. The number of methoxy groups -OCH3 is 4. The molecule has 552 valence electrons. The van der Waals surface area contributed by atoms with Crippen molar-refractivity contribution in [2.45, 2.75) is 168 Å². The molecule has 4 aromatic carbocycles. The van der Waals surface area contributed by atoms with E-state index in [1.165, 1.54) is 58.8 Å². The van der Waals surface area contributed by atoms with E-state index in [9.17, 15) is 57.5 Å². The first kappa shape index (κ1) is 82.3. The summed E-state index contributed by atoms with van der Waals surface area (Å²) in [5, 5.41) is 14.4. The van der Waals surface area contributed by atoms with Gasteiger partial charge in [-0.05, 0) is 183 Å². The zero-order valence-electron chi connectivity index (χ0n) is 60.1. The number of rotatable bonds is 34. The quantitative estimate of drug-likeness (QED) is 0.0169. The van der Waals surface area contributed by atoms with Gasteiger partial charge in [0.15, 0.2) is 23.0 Å². The van der Waals surface area contributed by atoms with Crippen LogP contribution in [0, 0.1) is 10.8 Å². The summed E-state index contributed by atoms with van der Waals surface area (Å²) in [4.78, 5) is 155. The van der Waals surface area contributed by atoms with E-state index in [0.29, 0.717) is 103 Å². The molecule has 0 aliphatic carbocycles. The Morgan fingerprint density at radius 1 is 0.520 bits per heavy atom. The number of hydrogen-bond acceptors (Lipinski definition) is 21. The molecular weight excluding hydrogens is 1320 g/mol. The fraction of sp³-hybridized carbons (Fsp3) is 0.474. The number of ether oxygens (including phenoxy) is 9. The van der Waals surface area contributed by atoms with Crippen molar-refractivity contribution in [2.24, 2.45) is 10.8 Å². The molecular formula is C76H96N4O22. The molecule has 2 heterocycles. The number of benzene rings is 4. The van der Waals surface area contributed by atoms with Crippen LogP contribution in [-0.4, -0.2) is 158 Å². The van der Waals surface area contributed by atoms with E-state index in [1.807, 2.05) is 24.3 Å². The second-order valence-corrected chi connectivity index (χ2v) is 26.7. The van der Waals surface area contributed by atoms with Crippen molar-refractivity contribution in [3.63, 3.8) is 0 Å². The van der Waals surface area contributed by atoms with Gasteiger partial charge in [-0.3, -0.25) is 38.4 Å². The number of carboxylic acid groups (broad SMARTS) is 1. The van der Waals surface area contributed by atoms with Crippen LogP contribution in [0.1, 0.15) is 160 Å². The van der Waals surface area contributed by atoms with Gasteiger partial charge in [0.05, 0.1) is 52.1 Å². The fourth-order valence-corrected chi connectivity index (χ4v) is 11.0. The third-order valence-electron chi connectivity index (χ3n) is 16.6. The topological polar surface area (TPSA) is 339 Å². The lowest BCUT2D eigenvalue weighted by Gasteiger charge is -2.36. The number of carbonyl (C=O) groups excluding carboxylic acids is 11. The van der Waals surface area contributed by atoms with Gasteiger partial charge in [0.1, 0.15) is 43.1 Å². The Labute approximate surface area is 595 Å². The van der Waals surface area contributed by atoms with Crippen molar-refractivity contribution in [3.8, 4) is 23.0 Å². The molecule has 0 saturated carbocycles. The van der Waals surface area contributed by atoms with Gasteiger partial charge in [-0.25, -0.2) is 19.2 Å². The minimum atomic E-state index is -1.35. The van der Waals surface area contributed by atoms with Crippen LogP contribution in [0.2, 0.25) is 0 Å². The number of ketones is 2. The van der Waals surface area contributed by atoms with E-state index in [0.717, 1.165) is 23.3 Å². The Bertz CT molecular complexity index is 3680. The standard InChI is InChI=1S/C40H52N2O11.C36H44N2O11/c1-9-34(44)51-25-40(5,6)36(46)37(47)42-22-11-10-15-29(42)38(48)52-30(18-16-26-17-19-31(49-7)32(23-26)50-8)27-13-12-14-28(24-27)41-33(43)20-21-35(45)53-39(2,3)4;1-6-32(42)48-22-36(2,3)33(43)34(44)38-19-8-7-12-26(38)35(45)49-27(15-13-23-14-16-28(46-4)29(20-23)47-5)24-10-9-11-25(21-24)37-30(39)17-18-31(40)41/h9,12-14,17,19,23-24,29-30H,1,10-11,15-16,18,20-22,25H2,2-8H3,(H,41,43);6,9-11,14,16,20-21,26-27H,1,7-8,12-13,15,17-19,22H2,2-5H3,(H,37,39)(H,40,41)/t29-,30+;26-,27+/m00/s1. The molecule has 0 unspecified atom stereocenters. The first-order valence-electron chi connectivity index (χ1n) is 33.6. The van der Waals surface area contributed by atoms with Gasteiger partial charge in [0, 0.05) is 49.5 Å². The largest absolute Gasteiger partial charge is 0.493 e. The van der Waals surface area contributed by atoms with E-state index in [4.69, 9.17) is 47.7 Å². The molecule has 0 radical (unpaired) electrons. The summed E-state index contributed by atoms with van der Waals surface area (Å²) in [7, 11) is 6.14. The number of carbonyl (C=O) groups is 12. The number of hydrogen-bond donors (Lipinski definition) is 3. The van der Waals surface area contributed by atoms with Crippen LogP contribution in [0.4, 0.5) is 11.4 Å². The van der Waals surface area contributed by atoms with Crippen LogP contribution in [0.3, 0.4) is 0 Å². The van der Waals surface area contributed by atoms with Crippen molar-refractivity contribution >= 4 is 82.4 Å². The van der Waals surface area contributed by atoms with Crippen molar-refractivity contribution in [1.82, 2.24) is 9.80 Å². The zero-order valence-corrected chi connectivity index (χ0v) is 60.1. The molecule has 4 atom stereocenters. The van der Waals surface area contributed by atoms with Crippen LogP contribution >= 0.6 is 0 Å². The first-order valence-corrected chi connectivity index (χ1v) is 33.6. The summed E-state index contributed by atoms with van der Waals surface area (Å²) >= 11 is 0. The summed E-state index contributed by atoms with van der Waals surface area (Å²) in [6.45, 7) is 17.6. The maximum atomic E-state index is 14.0. The van der Waals surface area contributed by atoms with Gasteiger partial charge in [-0.2, -0.15) is 0 Å². The minimum Gasteiger partial charge on any atom is -0.493 e. The lowest BCUT2D eigenvalue weighted by molar-refractivity contribution is -0.165. The summed E-state index contributed by atoms with van der Waals surface area (Å²) in [6.07, 6.45) is 4.09. The SMILES string of the molecule is C=CC(=O)OCC(C)(C)C(=O)C(=O)N1CCCC[C@H]1C(=O)O[C@H](CCc1ccc(OC)c(OC)c1)c1cccc(NC(=O)CCC(=O)O)c1.C=CC(=O)OCC(C)(C)C(=O)C(=O)N1CCCC[C@H]1C(=O)O[C@H](CCc1ccc(OC)c(OC)c1)c1cccc(NC(=O)CCC(=O)OC(C)(C)C)c1. The lowest BCUT2D eigenvalue weighted by atomic mass is 9.87. The number of nitrogens with zero attached hydrogens (tertiary/aromatic N) is 2. The van der Waals surface area contributed by atoms with Crippen LogP contribution in [-0.2, 0) is 94.1 Å². The molecule has 4 aromatic rings. The molecule has 2 aliphatic heterocycles. The van der Waals surface area contributed by atoms with E-state index in [-0.39, 0.29) is 58.4 Å². The van der Waals surface area contributed by atoms with Crippen LogP contribution in [0.25, 0.3) is 0 Å². The first-order chi connectivity index (χ1) is 48.3. The molecule has 0 bridgehead atoms. The average Bonchev–Trinajstić information content (AvgIpc) is 0.810. The maximum Gasteiger partial charge on any atom is 0.330 e. The Kier molecular flexibility index (Phi) is 31.4. The smallest absolute Gasteiger partial charge is 0.330 e. The number of aliphatic carboxylic acids is 1. The van der Waals surface area contributed by atoms with Crippen molar-refractivity contribution in [1.29, 1.82) is 0 Å². The second kappa shape index (κ2) is 39.0. The maximum absolute atomic E-state index is 14.0. The Morgan fingerprint density at radius 2 is 0.912 bits per heavy atom. The van der Waals surface area contributed by atoms with Gasteiger partial charge in [0.2, 0.25) is 23.4 Å². The molecule has 0 spiro atoms. The van der Waals surface area contributed by atoms with Crippen LogP contribution in [0.5, 0.6) is 23.0 Å². The van der Waals surface area contributed by atoms with Crippen molar-refractivity contribution < 1.29 is 105 Å². The number of amides is 4. The van der Waals surface area contributed by atoms with Gasteiger partial charge in [-0.1, -0.05) is 49.6 Å². The predicted molar refractivity (Wildman–Crippen MR) is 374 cm³/mol. The van der Waals surface area contributed by atoms with Gasteiger partial charge in [-0.15, -0.1) is 0 Å². The predicted octanol–water partition coefficient (Wildman–Crippen LogP) is 10.1. The van der Waals surface area contributed by atoms with Crippen LogP contribution < -0.4 is 29.6 Å². The summed E-state index contributed by atoms with van der Waals surface area (Å²) in [6, 6.07) is 22.4. The molecule has 4 amide bonds. The van der Waals surface area contributed by atoms with Crippen LogP contribution in [0.15, 0.2) is 110 Å². The van der Waals surface area contributed by atoms with Gasteiger partial charge < -0.3 is 68.2 Å². The van der Waals surface area contributed by atoms with Crippen molar-refractivity contribution in [3.05, 3.63) is 132 Å². The summed E-state index contributed by atoms with van der Waals surface area (Å²) in [5.74, 6) is -6.41. The van der Waals surface area contributed by atoms with Gasteiger partial charge >= 0.3 is 35.8 Å². The number of piperidine rings is 2. The second-order valence-electron chi connectivity index (χ2n) is 26.7. The zero-order chi connectivity index (χ0) is 75.5. The summed E-state index contributed by atoms with van der Waals surface area (Å²) < 4.78 is 49.2. The number of aryl methyl sites for hydroxylation is 2. The highest BCUT2D eigenvalue weighted by atomic mass is 16.6. The van der Waals surface area contributed by atoms with E-state index >= 15 is 0 Å². The monoisotopic (exact) mass is 1420 g/mol. The molecule has 26 nitrogen and oxygen atoms in total. The number of likely N-dealkylation sites (tertiary alicyclic amines) is 2. The van der Waals surface area contributed by atoms with E-state index in [1.54, 1.807) is 88.5 Å². The number of esters is 5. The third-order valence-corrected chi connectivity index (χ3v) is 16.6. The Balaban J connectivity index is 0.000000368. The fourth-order valence-electron chi connectivity index (χ4n) is 11.0.